The minimum absolute atomic E-state index is 0.0916. The Kier molecular flexibility index (Phi) is 4.63. The summed E-state index contributed by atoms with van der Waals surface area (Å²) in [7, 11) is 1.42. The summed E-state index contributed by atoms with van der Waals surface area (Å²) < 4.78 is 1.74. The highest BCUT2D eigenvalue weighted by Crippen LogP contribution is 1.97. The van der Waals surface area contributed by atoms with Gasteiger partial charge in [0.2, 0.25) is 5.91 Å². The monoisotopic (exact) mass is 198 g/mol. The summed E-state index contributed by atoms with van der Waals surface area (Å²) in [4.78, 5) is 15.4. The van der Waals surface area contributed by atoms with E-state index in [2.05, 4.69) is 20.6 Å². The van der Waals surface area contributed by atoms with E-state index in [0.29, 0.717) is 6.42 Å². The number of aromatic nitrogens is 3. The van der Waals surface area contributed by atoms with Crippen molar-refractivity contribution < 1.29 is 9.63 Å². The molecule has 0 aliphatic heterocycles. The number of aryl methyl sites for hydroxylation is 1. The number of hydrogen-bond donors (Lipinski definition) is 1. The number of hydrogen-bond acceptors (Lipinski definition) is 4. The van der Waals surface area contributed by atoms with Gasteiger partial charge in [-0.1, -0.05) is 5.21 Å². The number of hydroxylamine groups is 1. The molecule has 1 aromatic heterocycles. The second-order valence-electron chi connectivity index (χ2n) is 2.85. The fourth-order valence-corrected chi connectivity index (χ4v) is 1.08. The quantitative estimate of drug-likeness (QED) is 0.521. The number of amides is 1. The molecule has 1 rings (SSSR count). The van der Waals surface area contributed by atoms with Crippen LogP contribution < -0.4 is 5.48 Å². The molecule has 0 radical (unpaired) electrons. The van der Waals surface area contributed by atoms with Gasteiger partial charge in [0.1, 0.15) is 0 Å². The van der Waals surface area contributed by atoms with Crippen LogP contribution in [0.2, 0.25) is 0 Å². The summed E-state index contributed by atoms with van der Waals surface area (Å²) in [5, 5.41) is 7.49. The smallest absolute Gasteiger partial charge is 0.243 e. The topological polar surface area (TPSA) is 69.0 Å². The van der Waals surface area contributed by atoms with E-state index >= 15 is 0 Å². The van der Waals surface area contributed by atoms with Crippen molar-refractivity contribution in [1.29, 1.82) is 0 Å². The molecule has 1 amide bonds. The Labute approximate surface area is 82.2 Å². The second-order valence-corrected chi connectivity index (χ2v) is 2.85. The molecule has 78 valence electrons. The van der Waals surface area contributed by atoms with Gasteiger partial charge in [0, 0.05) is 19.2 Å². The molecule has 0 atom stereocenters. The predicted molar refractivity (Wildman–Crippen MR) is 49.0 cm³/mol. The minimum Gasteiger partial charge on any atom is -0.277 e. The first-order chi connectivity index (χ1) is 6.83. The highest BCUT2D eigenvalue weighted by molar-refractivity contribution is 5.74. The maximum atomic E-state index is 10.9. The Morgan fingerprint density at radius 2 is 2.43 bits per heavy atom. The van der Waals surface area contributed by atoms with Crippen LogP contribution in [0.3, 0.4) is 0 Å². The van der Waals surface area contributed by atoms with E-state index in [0.717, 1.165) is 19.4 Å². The van der Waals surface area contributed by atoms with Crippen LogP contribution in [0.25, 0.3) is 0 Å². The predicted octanol–water partition coefficient (Wildman–Crippen LogP) is 0.126. The first-order valence-corrected chi connectivity index (χ1v) is 4.49. The third-order valence-electron chi connectivity index (χ3n) is 1.73. The van der Waals surface area contributed by atoms with Gasteiger partial charge >= 0.3 is 0 Å². The number of rotatable bonds is 6. The van der Waals surface area contributed by atoms with Gasteiger partial charge in [-0.05, 0) is 12.8 Å². The van der Waals surface area contributed by atoms with Crippen LogP contribution in [0.5, 0.6) is 0 Å². The Morgan fingerprint density at radius 1 is 1.57 bits per heavy atom. The van der Waals surface area contributed by atoms with E-state index in [1.807, 2.05) is 0 Å². The molecule has 0 unspecified atom stereocenters. The van der Waals surface area contributed by atoms with E-state index in [9.17, 15) is 4.79 Å². The molecule has 0 saturated carbocycles. The summed E-state index contributed by atoms with van der Waals surface area (Å²) in [5.41, 5.74) is 2.27. The molecule has 0 bridgehead atoms. The molecule has 14 heavy (non-hydrogen) atoms. The van der Waals surface area contributed by atoms with Crippen LogP contribution in [-0.4, -0.2) is 28.0 Å². The summed E-state index contributed by atoms with van der Waals surface area (Å²) in [5.74, 6) is -0.0916. The van der Waals surface area contributed by atoms with Gasteiger partial charge in [-0.2, -0.15) is 0 Å². The first kappa shape index (κ1) is 10.6. The van der Waals surface area contributed by atoms with Crippen LogP contribution in [0.15, 0.2) is 12.4 Å². The van der Waals surface area contributed by atoms with Crippen molar-refractivity contribution in [2.45, 2.75) is 25.8 Å². The zero-order chi connectivity index (χ0) is 10.2. The van der Waals surface area contributed by atoms with Gasteiger partial charge in [0.15, 0.2) is 0 Å². The van der Waals surface area contributed by atoms with E-state index < -0.39 is 0 Å². The number of unbranched alkanes of at least 4 members (excludes halogenated alkanes) is 1. The molecule has 0 aromatic carbocycles. The van der Waals surface area contributed by atoms with Crippen molar-refractivity contribution in [1.82, 2.24) is 20.5 Å². The first-order valence-electron chi connectivity index (χ1n) is 4.49. The third kappa shape index (κ3) is 3.99. The third-order valence-corrected chi connectivity index (χ3v) is 1.73. The molecule has 1 N–H and O–H groups in total. The highest BCUT2D eigenvalue weighted by atomic mass is 16.6. The van der Waals surface area contributed by atoms with Gasteiger partial charge < -0.3 is 0 Å². The largest absolute Gasteiger partial charge is 0.277 e. The normalized spacial score (nSPS) is 10.1. The van der Waals surface area contributed by atoms with Gasteiger partial charge in [0.05, 0.1) is 13.3 Å². The number of nitrogens with zero attached hydrogens (tertiary/aromatic N) is 3. The molecule has 6 heteroatoms. The average Bonchev–Trinajstić information content (AvgIpc) is 2.65. The summed E-state index contributed by atoms with van der Waals surface area (Å²) >= 11 is 0. The van der Waals surface area contributed by atoms with Crippen molar-refractivity contribution in [3.63, 3.8) is 0 Å². The SMILES string of the molecule is CONC(=O)CCCCn1ccnn1. The maximum absolute atomic E-state index is 10.9. The Hall–Kier alpha value is -1.43. The molecule has 0 saturated heterocycles. The van der Waals surface area contributed by atoms with Gasteiger partial charge in [-0.15, -0.1) is 5.10 Å². The van der Waals surface area contributed by atoms with Gasteiger partial charge in [0.25, 0.3) is 0 Å². The van der Waals surface area contributed by atoms with E-state index in [1.54, 1.807) is 17.1 Å². The van der Waals surface area contributed by atoms with Crippen LogP contribution in [0.1, 0.15) is 19.3 Å². The van der Waals surface area contributed by atoms with Gasteiger partial charge in [-0.25, -0.2) is 5.48 Å². The molecule has 0 aliphatic carbocycles. The van der Waals surface area contributed by atoms with E-state index in [-0.39, 0.29) is 5.91 Å². The van der Waals surface area contributed by atoms with Crippen molar-refractivity contribution in [2.75, 3.05) is 7.11 Å². The lowest BCUT2D eigenvalue weighted by Crippen LogP contribution is -2.21. The lowest BCUT2D eigenvalue weighted by molar-refractivity contribution is -0.131. The molecule has 0 fully saturated rings. The van der Waals surface area contributed by atoms with E-state index in [4.69, 9.17) is 0 Å². The number of nitrogens with one attached hydrogen (secondary N) is 1. The summed E-state index contributed by atoms with van der Waals surface area (Å²) in [6, 6.07) is 0. The van der Waals surface area contributed by atoms with Crippen LogP contribution >= 0.6 is 0 Å². The van der Waals surface area contributed by atoms with Gasteiger partial charge in [-0.3, -0.25) is 14.3 Å². The zero-order valence-corrected chi connectivity index (χ0v) is 8.14. The minimum atomic E-state index is -0.0916. The highest BCUT2D eigenvalue weighted by Gasteiger charge is 1.99. The molecule has 1 aromatic rings. The standard InChI is InChI=1S/C8H14N4O2/c1-14-10-8(13)4-2-3-6-12-7-5-9-11-12/h5,7H,2-4,6H2,1H3,(H,10,13). The summed E-state index contributed by atoms with van der Waals surface area (Å²) in [6.45, 7) is 0.792. The molecule has 6 nitrogen and oxygen atoms in total. The lowest BCUT2D eigenvalue weighted by atomic mass is 10.2. The van der Waals surface area contributed by atoms with Crippen LogP contribution in [0.4, 0.5) is 0 Å². The molecule has 1 heterocycles. The fraction of sp³-hybridized carbons (Fsp3) is 0.625. The van der Waals surface area contributed by atoms with E-state index in [1.165, 1.54) is 7.11 Å². The Balaban J connectivity index is 2.02. The van der Waals surface area contributed by atoms with Crippen LogP contribution in [0, 0.1) is 0 Å². The number of carbonyl (C=O) groups excluding carboxylic acids is 1. The lowest BCUT2D eigenvalue weighted by Gasteiger charge is -2.01. The molecular weight excluding hydrogens is 184 g/mol. The maximum Gasteiger partial charge on any atom is 0.243 e. The number of carbonyl (C=O) groups is 1. The average molecular weight is 198 g/mol. The Bertz CT molecular complexity index is 260. The Morgan fingerprint density at radius 3 is 3.07 bits per heavy atom. The van der Waals surface area contributed by atoms with Crippen molar-refractivity contribution >= 4 is 5.91 Å². The molecule has 0 aliphatic rings. The second kappa shape index (κ2) is 6.09. The summed E-state index contributed by atoms with van der Waals surface area (Å²) in [6.07, 6.45) is 5.63. The van der Waals surface area contributed by atoms with Crippen molar-refractivity contribution in [3.8, 4) is 0 Å². The van der Waals surface area contributed by atoms with Crippen molar-refractivity contribution in [3.05, 3.63) is 12.4 Å². The van der Waals surface area contributed by atoms with Crippen molar-refractivity contribution in [2.24, 2.45) is 0 Å². The molecule has 0 spiro atoms. The zero-order valence-electron chi connectivity index (χ0n) is 8.14. The fourth-order valence-electron chi connectivity index (χ4n) is 1.08. The molecular formula is C8H14N4O2. The van der Waals surface area contributed by atoms with Crippen LogP contribution in [-0.2, 0) is 16.2 Å².